The van der Waals surface area contributed by atoms with Crippen LogP contribution in [0.3, 0.4) is 0 Å². The topological polar surface area (TPSA) is 29.5 Å². The van der Waals surface area contributed by atoms with Gasteiger partial charge in [0.05, 0.1) is 6.10 Å². The first-order valence-corrected chi connectivity index (χ1v) is 4.65. The highest BCUT2D eigenvalue weighted by Gasteiger charge is 2.19. The van der Waals surface area contributed by atoms with Gasteiger partial charge in [-0.05, 0) is 31.6 Å². The molecule has 2 nitrogen and oxygen atoms in total. The predicted molar refractivity (Wildman–Crippen MR) is 51.2 cm³/mol. The average molecular weight is 174 g/mol. The Kier molecular flexibility index (Phi) is 5.51. The molecule has 2 heteroatoms. The lowest BCUT2D eigenvalue weighted by atomic mass is 9.83. The SMILES string of the molecule is COCCCC(C)(C)CC(C)O. The monoisotopic (exact) mass is 174 g/mol. The standard InChI is InChI=1S/C10H22O2/c1-9(11)8-10(2,3)6-5-7-12-4/h9,11H,5-8H2,1-4H3. The Balaban J connectivity index is 3.56. The highest BCUT2D eigenvalue weighted by atomic mass is 16.5. The third-order valence-electron chi connectivity index (χ3n) is 2.05. The summed E-state index contributed by atoms with van der Waals surface area (Å²) < 4.78 is 4.98. The molecule has 0 rings (SSSR count). The molecule has 0 aromatic heterocycles. The number of ether oxygens (including phenoxy) is 1. The van der Waals surface area contributed by atoms with E-state index in [0.29, 0.717) is 0 Å². The Bertz CT molecular complexity index is 108. The van der Waals surface area contributed by atoms with Gasteiger partial charge in [-0.3, -0.25) is 0 Å². The maximum Gasteiger partial charge on any atom is 0.0517 e. The molecule has 0 fully saturated rings. The van der Waals surface area contributed by atoms with Crippen LogP contribution in [-0.2, 0) is 4.74 Å². The number of hydrogen-bond donors (Lipinski definition) is 1. The van der Waals surface area contributed by atoms with Crippen molar-refractivity contribution in [3.63, 3.8) is 0 Å². The summed E-state index contributed by atoms with van der Waals surface area (Å²) in [6, 6.07) is 0. The molecule has 0 amide bonds. The van der Waals surface area contributed by atoms with Crippen molar-refractivity contribution in [3.8, 4) is 0 Å². The molecule has 74 valence electrons. The van der Waals surface area contributed by atoms with Gasteiger partial charge in [0, 0.05) is 13.7 Å². The molecule has 0 aromatic carbocycles. The molecule has 0 aliphatic heterocycles. The van der Waals surface area contributed by atoms with Crippen molar-refractivity contribution in [1.29, 1.82) is 0 Å². The first-order valence-electron chi connectivity index (χ1n) is 4.65. The minimum absolute atomic E-state index is 0.192. The molecular formula is C10H22O2. The van der Waals surface area contributed by atoms with Crippen molar-refractivity contribution in [2.24, 2.45) is 5.41 Å². The van der Waals surface area contributed by atoms with Gasteiger partial charge < -0.3 is 9.84 Å². The van der Waals surface area contributed by atoms with E-state index in [-0.39, 0.29) is 11.5 Å². The Labute approximate surface area is 75.9 Å². The number of hydrogen-bond acceptors (Lipinski definition) is 2. The highest BCUT2D eigenvalue weighted by molar-refractivity contribution is 4.70. The molecule has 0 aliphatic rings. The van der Waals surface area contributed by atoms with Gasteiger partial charge in [0.2, 0.25) is 0 Å². The van der Waals surface area contributed by atoms with Gasteiger partial charge in [-0.25, -0.2) is 0 Å². The van der Waals surface area contributed by atoms with Crippen LogP contribution < -0.4 is 0 Å². The van der Waals surface area contributed by atoms with E-state index >= 15 is 0 Å². The van der Waals surface area contributed by atoms with Crippen LogP contribution in [0, 0.1) is 5.41 Å². The first-order chi connectivity index (χ1) is 5.48. The zero-order chi connectivity index (χ0) is 9.61. The maximum atomic E-state index is 9.21. The highest BCUT2D eigenvalue weighted by Crippen LogP contribution is 2.27. The van der Waals surface area contributed by atoms with Crippen LogP contribution in [0.2, 0.25) is 0 Å². The van der Waals surface area contributed by atoms with Crippen molar-refractivity contribution in [1.82, 2.24) is 0 Å². The Morgan fingerprint density at radius 2 is 2.00 bits per heavy atom. The lowest BCUT2D eigenvalue weighted by Gasteiger charge is -2.25. The van der Waals surface area contributed by atoms with Crippen molar-refractivity contribution in [2.75, 3.05) is 13.7 Å². The minimum Gasteiger partial charge on any atom is -0.393 e. The van der Waals surface area contributed by atoms with Crippen molar-refractivity contribution in [3.05, 3.63) is 0 Å². The maximum absolute atomic E-state index is 9.21. The Morgan fingerprint density at radius 3 is 2.42 bits per heavy atom. The molecule has 0 heterocycles. The summed E-state index contributed by atoms with van der Waals surface area (Å²) in [6.45, 7) is 7.05. The zero-order valence-corrected chi connectivity index (χ0v) is 8.76. The zero-order valence-electron chi connectivity index (χ0n) is 8.76. The van der Waals surface area contributed by atoms with Gasteiger partial charge in [0.15, 0.2) is 0 Å². The Morgan fingerprint density at radius 1 is 1.42 bits per heavy atom. The first kappa shape index (κ1) is 11.9. The van der Waals surface area contributed by atoms with Gasteiger partial charge in [0.1, 0.15) is 0 Å². The molecule has 12 heavy (non-hydrogen) atoms. The number of rotatable bonds is 6. The largest absolute Gasteiger partial charge is 0.393 e. The van der Waals surface area contributed by atoms with Gasteiger partial charge in [-0.1, -0.05) is 13.8 Å². The van der Waals surface area contributed by atoms with Gasteiger partial charge in [-0.15, -0.1) is 0 Å². The van der Waals surface area contributed by atoms with Crippen molar-refractivity contribution in [2.45, 2.75) is 46.1 Å². The number of aliphatic hydroxyl groups is 1. The molecule has 1 N–H and O–H groups in total. The van der Waals surface area contributed by atoms with Gasteiger partial charge >= 0.3 is 0 Å². The summed E-state index contributed by atoms with van der Waals surface area (Å²) in [5.74, 6) is 0. The summed E-state index contributed by atoms with van der Waals surface area (Å²) in [7, 11) is 1.72. The summed E-state index contributed by atoms with van der Waals surface area (Å²) in [4.78, 5) is 0. The average Bonchev–Trinajstić information content (AvgIpc) is 1.84. The minimum atomic E-state index is -0.192. The summed E-state index contributed by atoms with van der Waals surface area (Å²) in [5.41, 5.74) is 0.243. The lowest BCUT2D eigenvalue weighted by molar-refractivity contribution is 0.113. The normalized spacial score (nSPS) is 14.8. The van der Waals surface area contributed by atoms with E-state index in [1.54, 1.807) is 7.11 Å². The van der Waals surface area contributed by atoms with Crippen LogP contribution in [0.25, 0.3) is 0 Å². The lowest BCUT2D eigenvalue weighted by Crippen LogP contribution is -2.18. The van der Waals surface area contributed by atoms with E-state index in [4.69, 9.17) is 4.74 Å². The summed E-state index contributed by atoms with van der Waals surface area (Å²) in [5, 5.41) is 9.21. The summed E-state index contributed by atoms with van der Waals surface area (Å²) in [6.07, 6.45) is 2.88. The van der Waals surface area contributed by atoms with E-state index in [1.807, 2.05) is 6.92 Å². The van der Waals surface area contributed by atoms with Crippen LogP contribution in [-0.4, -0.2) is 24.9 Å². The smallest absolute Gasteiger partial charge is 0.0517 e. The van der Waals surface area contributed by atoms with Gasteiger partial charge in [0.25, 0.3) is 0 Å². The second-order valence-electron chi connectivity index (χ2n) is 4.31. The van der Waals surface area contributed by atoms with E-state index < -0.39 is 0 Å². The molecule has 0 bridgehead atoms. The number of aliphatic hydroxyl groups excluding tert-OH is 1. The molecule has 0 spiro atoms. The van der Waals surface area contributed by atoms with Crippen LogP contribution in [0.4, 0.5) is 0 Å². The molecule has 0 radical (unpaired) electrons. The van der Waals surface area contributed by atoms with Crippen LogP contribution in [0.5, 0.6) is 0 Å². The summed E-state index contributed by atoms with van der Waals surface area (Å²) >= 11 is 0. The fraction of sp³-hybridized carbons (Fsp3) is 1.00. The van der Waals surface area contributed by atoms with Crippen molar-refractivity contribution < 1.29 is 9.84 Å². The third-order valence-corrected chi connectivity index (χ3v) is 2.05. The molecule has 0 saturated carbocycles. The fourth-order valence-electron chi connectivity index (χ4n) is 1.60. The molecule has 0 saturated heterocycles. The van der Waals surface area contributed by atoms with E-state index in [2.05, 4.69) is 13.8 Å². The second-order valence-corrected chi connectivity index (χ2v) is 4.31. The molecule has 1 unspecified atom stereocenters. The molecular weight excluding hydrogens is 152 g/mol. The Hall–Kier alpha value is -0.0800. The van der Waals surface area contributed by atoms with E-state index in [1.165, 1.54) is 0 Å². The quantitative estimate of drug-likeness (QED) is 0.626. The van der Waals surface area contributed by atoms with E-state index in [0.717, 1.165) is 25.9 Å². The fourth-order valence-corrected chi connectivity index (χ4v) is 1.60. The van der Waals surface area contributed by atoms with Crippen LogP contribution in [0.15, 0.2) is 0 Å². The van der Waals surface area contributed by atoms with E-state index in [9.17, 15) is 5.11 Å². The third kappa shape index (κ3) is 6.62. The predicted octanol–water partition coefficient (Wildman–Crippen LogP) is 2.21. The van der Waals surface area contributed by atoms with Crippen LogP contribution >= 0.6 is 0 Å². The van der Waals surface area contributed by atoms with Crippen LogP contribution in [0.1, 0.15) is 40.0 Å². The number of methoxy groups -OCH3 is 1. The molecule has 0 aromatic rings. The van der Waals surface area contributed by atoms with Gasteiger partial charge in [-0.2, -0.15) is 0 Å². The molecule has 1 atom stereocenters. The van der Waals surface area contributed by atoms with Crippen molar-refractivity contribution >= 4 is 0 Å². The molecule has 0 aliphatic carbocycles. The second kappa shape index (κ2) is 5.55.